The van der Waals surface area contributed by atoms with Crippen molar-refractivity contribution in [1.29, 1.82) is 0 Å². The molecule has 1 fully saturated rings. The van der Waals surface area contributed by atoms with Gasteiger partial charge in [0.1, 0.15) is 12.1 Å². The Kier molecular flexibility index (Phi) is 6.02. The van der Waals surface area contributed by atoms with Gasteiger partial charge in [-0.1, -0.05) is 36.6 Å². The smallest absolute Gasteiger partial charge is 0.367 e. The molecule has 1 aliphatic rings. The minimum absolute atomic E-state index is 0.173. The van der Waals surface area contributed by atoms with Gasteiger partial charge in [0.25, 0.3) is 5.91 Å². The maximum absolute atomic E-state index is 12.8. The van der Waals surface area contributed by atoms with Crippen molar-refractivity contribution in [2.45, 2.75) is 57.3 Å². The van der Waals surface area contributed by atoms with Gasteiger partial charge >= 0.3 is 6.18 Å². The number of ether oxygens (including phenoxy) is 1. The first-order valence-electron chi connectivity index (χ1n) is 9.14. The molecule has 0 saturated heterocycles. The Balaban J connectivity index is 1.67. The van der Waals surface area contributed by atoms with Crippen LogP contribution in [0.3, 0.4) is 0 Å². The Labute approximate surface area is 160 Å². The summed E-state index contributed by atoms with van der Waals surface area (Å²) >= 11 is 0. The van der Waals surface area contributed by atoms with E-state index in [1.165, 1.54) is 0 Å². The molecule has 1 amide bonds. The lowest BCUT2D eigenvalue weighted by Crippen LogP contribution is -2.48. The molecule has 1 saturated carbocycles. The molecule has 3 rings (SSSR count). The van der Waals surface area contributed by atoms with Crippen LogP contribution in [0.1, 0.15) is 59.7 Å². The van der Waals surface area contributed by atoms with E-state index in [2.05, 4.69) is 20.2 Å². The number of halogens is 3. The van der Waals surface area contributed by atoms with Gasteiger partial charge in [-0.3, -0.25) is 4.79 Å². The first-order valence-corrected chi connectivity index (χ1v) is 9.14. The highest BCUT2D eigenvalue weighted by atomic mass is 19.4. The van der Waals surface area contributed by atoms with E-state index in [0.717, 1.165) is 32.1 Å². The van der Waals surface area contributed by atoms with E-state index >= 15 is 0 Å². The maximum atomic E-state index is 12.8. The average molecular weight is 397 g/mol. The molecule has 9 heteroatoms. The normalized spacial score (nSPS) is 16.7. The SMILES string of the molecule is Cc1nc(C2(NC(=O)c3ccc(COCC(F)(F)F)cc3)CCCCC2)no1. The van der Waals surface area contributed by atoms with Gasteiger partial charge in [-0.2, -0.15) is 18.2 Å². The van der Waals surface area contributed by atoms with Crippen molar-refractivity contribution in [1.82, 2.24) is 15.5 Å². The zero-order valence-corrected chi connectivity index (χ0v) is 15.5. The second-order valence-corrected chi connectivity index (χ2v) is 7.04. The van der Waals surface area contributed by atoms with E-state index in [1.54, 1.807) is 31.2 Å². The number of alkyl halides is 3. The molecule has 152 valence electrons. The summed E-state index contributed by atoms with van der Waals surface area (Å²) in [5.41, 5.74) is 0.299. The second-order valence-electron chi connectivity index (χ2n) is 7.04. The topological polar surface area (TPSA) is 77.2 Å². The van der Waals surface area contributed by atoms with Gasteiger partial charge in [0.15, 0.2) is 5.82 Å². The number of aryl methyl sites for hydroxylation is 1. The quantitative estimate of drug-likeness (QED) is 0.796. The molecule has 0 bridgehead atoms. The molecule has 0 radical (unpaired) electrons. The van der Waals surface area contributed by atoms with Gasteiger partial charge in [0.05, 0.1) is 6.61 Å². The summed E-state index contributed by atoms with van der Waals surface area (Å²) in [6, 6.07) is 6.30. The Morgan fingerprint density at radius 1 is 1.21 bits per heavy atom. The third kappa shape index (κ3) is 5.09. The van der Waals surface area contributed by atoms with E-state index in [1.807, 2.05) is 0 Å². The molecule has 0 aliphatic heterocycles. The van der Waals surface area contributed by atoms with Crippen LogP contribution in [-0.2, 0) is 16.9 Å². The molecule has 1 heterocycles. The molecular weight excluding hydrogens is 375 g/mol. The number of carbonyl (C=O) groups is 1. The highest BCUT2D eigenvalue weighted by Gasteiger charge is 2.39. The molecule has 1 aliphatic carbocycles. The van der Waals surface area contributed by atoms with Gasteiger partial charge in [0, 0.05) is 12.5 Å². The molecule has 28 heavy (non-hydrogen) atoms. The molecule has 0 atom stereocenters. The third-order valence-corrected chi connectivity index (χ3v) is 4.77. The van der Waals surface area contributed by atoms with Crippen molar-refractivity contribution in [2.24, 2.45) is 0 Å². The Bertz CT molecular complexity index is 797. The highest BCUT2D eigenvalue weighted by Crippen LogP contribution is 2.36. The molecular formula is C19H22F3N3O3. The van der Waals surface area contributed by atoms with Crippen LogP contribution in [-0.4, -0.2) is 28.8 Å². The van der Waals surface area contributed by atoms with E-state index in [4.69, 9.17) is 4.52 Å². The lowest BCUT2D eigenvalue weighted by atomic mass is 9.80. The summed E-state index contributed by atoms with van der Waals surface area (Å²) < 4.78 is 46.1. The van der Waals surface area contributed by atoms with Gasteiger partial charge in [-0.25, -0.2) is 0 Å². The van der Waals surface area contributed by atoms with Crippen LogP contribution in [0.5, 0.6) is 0 Å². The zero-order chi connectivity index (χ0) is 20.2. The van der Waals surface area contributed by atoms with Crippen LogP contribution in [0.2, 0.25) is 0 Å². The largest absolute Gasteiger partial charge is 0.411 e. The average Bonchev–Trinajstić information content (AvgIpc) is 3.09. The second kappa shape index (κ2) is 8.30. The Morgan fingerprint density at radius 3 is 2.46 bits per heavy atom. The predicted molar refractivity (Wildman–Crippen MR) is 93.4 cm³/mol. The fourth-order valence-electron chi connectivity index (χ4n) is 3.38. The fraction of sp³-hybridized carbons (Fsp3) is 0.526. The fourth-order valence-corrected chi connectivity index (χ4v) is 3.38. The summed E-state index contributed by atoms with van der Waals surface area (Å²) in [6.45, 7) is 0.226. The van der Waals surface area contributed by atoms with Gasteiger partial charge in [0.2, 0.25) is 5.89 Å². The van der Waals surface area contributed by atoms with Crippen LogP contribution in [0, 0.1) is 6.92 Å². The number of nitrogens with one attached hydrogen (secondary N) is 1. The van der Waals surface area contributed by atoms with E-state index < -0.39 is 18.3 Å². The minimum atomic E-state index is -4.36. The summed E-state index contributed by atoms with van der Waals surface area (Å²) in [5, 5.41) is 7.07. The molecule has 2 aromatic rings. The Morgan fingerprint density at radius 2 is 1.89 bits per heavy atom. The molecule has 0 unspecified atom stereocenters. The first kappa shape index (κ1) is 20.3. The van der Waals surface area contributed by atoms with Crippen molar-refractivity contribution < 1.29 is 27.2 Å². The molecule has 1 aromatic carbocycles. The molecule has 6 nitrogen and oxygen atoms in total. The van der Waals surface area contributed by atoms with Crippen LogP contribution in [0.25, 0.3) is 0 Å². The number of benzene rings is 1. The number of aromatic nitrogens is 2. The molecule has 0 spiro atoms. The first-order chi connectivity index (χ1) is 13.3. The van der Waals surface area contributed by atoms with Crippen LogP contribution in [0.4, 0.5) is 13.2 Å². The van der Waals surface area contributed by atoms with Crippen molar-refractivity contribution in [3.8, 4) is 0 Å². The highest BCUT2D eigenvalue weighted by molar-refractivity contribution is 5.94. The minimum Gasteiger partial charge on any atom is -0.367 e. The van der Waals surface area contributed by atoms with Crippen molar-refractivity contribution in [2.75, 3.05) is 6.61 Å². The van der Waals surface area contributed by atoms with Crippen LogP contribution < -0.4 is 5.32 Å². The third-order valence-electron chi connectivity index (χ3n) is 4.77. The maximum Gasteiger partial charge on any atom is 0.411 e. The van der Waals surface area contributed by atoms with Crippen LogP contribution in [0.15, 0.2) is 28.8 Å². The number of carbonyl (C=O) groups excluding carboxylic acids is 1. The predicted octanol–water partition coefficient (Wildman–Crippen LogP) is 4.05. The summed E-state index contributed by atoms with van der Waals surface area (Å²) in [6.07, 6.45) is 0.0670. The van der Waals surface area contributed by atoms with E-state index in [0.29, 0.717) is 22.8 Å². The van der Waals surface area contributed by atoms with Crippen LogP contribution >= 0.6 is 0 Å². The monoisotopic (exact) mass is 397 g/mol. The molecule has 1 aromatic heterocycles. The number of hydrogen-bond donors (Lipinski definition) is 1. The van der Waals surface area contributed by atoms with E-state index in [9.17, 15) is 18.0 Å². The summed E-state index contributed by atoms with van der Waals surface area (Å²) in [7, 11) is 0. The van der Waals surface area contributed by atoms with Gasteiger partial charge in [-0.15, -0.1) is 0 Å². The van der Waals surface area contributed by atoms with Crippen molar-refractivity contribution in [3.63, 3.8) is 0 Å². The number of rotatable bonds is 6. The lowest BCUT2D eigenvalue weighted by Gasteiger charge is -2.35. The number of nitrogens with zero attached hydrogens (tertiary/aromatic N) is 2. The Hall–Kier alpha value is -2.42. The number of amides is 1. The lowest BCUT2D eigenvalue weighted by molar-refractivity contribution is -0.176. The summed E-state index contributed by atoms with van der Waals surface area (Å²) in [5.74, 6) is 0.639. The van der Waals surface area contributed by atoms with Crippen molar-refractivity contribution in [3.05, 3.63) is 47.1 Å². The van der Waals surface area contributed by atoms with Crippen molar-refractivity contribution >= 4 is 5.91 Å². The van der Waals surface area contributed by atoms with Gasteiger partial charge in [-0.05, 0) is 30.5 Å². The van der Waals surface area contributed by atoms with E-state index in [-0.39, 0.29) is 12.5 Å². The van der Waals surface area contributed by atoms with Gasteiger partial charge < -0.3 is 14.6 Å². The number of hydrogen-bond acceptors (Lipinski definition) is 5. The molecule has 1 N–H and O–H groups in total. The summed E-state index contributed by atoms with van der Waals surface area (Å²) in [4.78, 5) is 17.1. The standard InChI is InChI=1S/C19H22F3N3O3/c1-13-23-17(25-28-13)18(9-3-2-4-10-18)24-16(26)15-7-5-14(6-8-15)11-27-12-19(20,21)22/h5-8H,2-4,9-12H2,1H3,(H,24,26). The zero-order valence-electron chi connectivity index (χ0n) is 15.5.